The van der Waals surface area contributed by atoms with Crippen LogP contribution in [0.1, 0.15) is 16.7 Å². The van der Waals surface area contributed by atoms with Gasteiger partial charge in [0.25, 0.3) is 5.91 Å². The molecule has 27 heavy (non-hydrogen) atoms. The average Bonchev–Trinajstić information content (AvgIpc) is 2.97. The summed E-state index contributed by atoms with van der Waals surface area (Å²) in [6, 6.07) is 5.68. The molecule has 7 nitrogen and oxygen atoms in total. The van der Waals surface area contributed by atoms with E-state index in [-0.39, 0.29) is 11.5 Å². The van der Waals surface area contributed by atoms with Gasteiger partial charge in [0.1, 0.15) is 11.6 Å². The monoisotopic (exact) mass is 371 g/mol. The van der Waals surface area contributed by atoms with Gasteiger partial charge in [-0.1, -0.05) is 5.16 Å². The fraction of sp³-hybridized carbons (Fsp3) is 0.263. The fourth-order valence-corrected chi connectivity index (χ4v) is 3.52. The van der Waals surface area contributed by atoms with Crippen molar-refractivity contribution in [2.24, 2.45) is 5.16 Å². The van der Waals surface area contributed by atoms with Crippen LogP contribution in [0, 0.1) is 5.82 Å². The number of hydrogen-bond donors (Lipinski definition) is 2. The average molecular weight is 371 g/mol. The normalized spacial score (nSPS) is 17.4. The zero-order valence-electron chi connectivity index (χ0n) is 14.9. The first-order valence-corrected chi connectivity index (χ1v) is 8.44. The van der Waals surface area contributed by atoms with Gasteiger partial charge in [-0.2, -0.15) is 0 Å². The third-order valence-electron chi connectivity index (χ3n) is 4.83. The van der Waals surface area contributed by atoms with E-state index in [1.807, 2.05) is 7.05 Å². The number of benzene rings is 2. The van der Waals surface area contributed by atoms with E-state index < -0.39 is 11.7 Å². The molecule has 2 N–H and O–H groups in total. The summed E-state index contributed by atoms with van der Waals surface area (Å²) in [5.41, 5.74) is 2.85. The maximum absolute atomic E-state index is 13.7. The first-order valence-electron chi connectivity index (χ1n) is 8.44. The maximum Gasteiger partial charge on any atom is 0.278 e. The van der Waals surface area contributed by atoms with Crippen molar-refractivity contribution in [1.29, 1.82) is 0 Å². The number of likely N-dealkylation sites (N-methyl/N-ethyl adjacent to an activating group) is 1. The zero-order chi connectivity index (χ0) is 19.1. The Bertz CT molecular complexity index is 974. The fourth-order valence-electron chi connectivity index (χ4n) is 3.52. The van der Waals surface area contributed by atoms with Crippen molar-refractivity contribution in [1.82, 2.24) is 4.90 Å². The number of oxime groups is 1. The molecule has 8 heteroatoms. The third-order valence-corrected chi connectivity index (χ3v) is 4.83. The predicted octanol–water partition coefficient (Wildman–Crippen LogP) is 2.74. The predicted molar refractivity (Wildman–Crippen MR) is 96.5 cm³/mol. The lowest BCUT2D eigenvalue weighted by molar-refractivity contribution is -0.110. The molecule has 0 saturated carbocycles. The Morgan fingerprint density at radius 1 is 1.22 bits per heavy atom. The van der Waals surface area contributed by atoms with Gasteiger partial charge < -0.3 is 24.9 Å². The van der Waals surface area contributed by atoms with Crippen LogP contribution in [0.5, 0.6) is 17.2 Å². The van der Waals surface area contributed by atoms with Crippen molar-refractivity contribution in [3.05, 3.63) is 46.8 Å². The second-order valence-electron chi connectivity index (χ2n) is 6.54. The van der Waals surface area contributed by atoms with E-state index in [1.54, 1.807) is 6.07 Å². The van der Waals surface area contributed by atoms with Crippen molar-refractivity contribution in [2.45, 2.75) is 13.0 Å². The summed E-state index contributed by atoms with van der Waals surface area (Å²) >= 11 is 0. The number of ether oxygens (including phenoxy) is 2. The summed E-state index contributed by atoms with van der Waals surface area (Å²) in [5, 5.41) is 15.1. The summed E-state index contributed by atoms with van der Waals surface area (Å²) in [7, 11) is 3.46. The van der Waals surface area contributed by atoms with Crippen molar-refractivity contribution in [3.63, 3.8) is 0 Å². The molecule has 2 aromatic rings. The minimum absolute atomic E-state index is 0.0721. The second kappa shape index (κ2) is 6.55. The molecular formula is C19H18FN3O4. The summed E-state index contributed by atoms with van der Waals surface area (Å²) in [6.45, 7) is 1.42. The molecule has 0 saturated heterocycles. The number of rotatable bonds is 3. The van der Waals surface area contributed by atoms with Crippen LogP contribution in [0.4, 0.5) is 10.1 Å². The highest BCUT2D eigenvalue weighted by Gasteiger charge is 2.34. The van der Waals surface area contributed by atoms with Gasteiger partial charge >= 0.3 is 0 Å². The molecule has 4 rings (SSSR count). The number of fused-ring (bicyclic) bond motifs is 3. The first kappa shape index (κ1) is 17.3. The molecule has 0 radical (unpaired) electrons. The number of anilines is 1. The maximum atomic E-state index is 13.7. The van der Waals surface area contributed by atoms with Crippen molar-refractivity contribution < 1.29 is 23.9 Å². The molecule has 2 aromatic carbocycles. The molecule has 2 aliphatic rings. The molecule has 0 bridgehead atoms. The Hall–Kier alpha value is -3.13. The molecule has 0 atom stereocenters. The highest BCUT2D eigenvalue weighted by molar-refractivity contribution is 6.54. The van der Waals surface area contributed by atoms with Crippen LogP contribution in [-0.4, -0.2) is 42.4 Å². The van der Waals surface area contributed by atoms with E-state index >= 15 is 0 Å². The van der Waals surface area contributed by atoms with Gasteiger partial charge in [0.15, 0.2) is 17.2 Å². The largest absolute Gasteiger partial charge is 0.493 e. The number of nitrogens with zero attached hydrogens (tertiary/aromatic N) is 2. The van der Waals surface area contributed by atoms with Gasteiger partial charge in [-0.05, 0) is 37.2 Å². The topological polar surface area (TPSA) is 83.4 Å². The van der Waals surface area contributed by atoms with Gasteiger partial charge in [0.05, 0.1) is 12.8 Å². The minimum Gasteiger partial charge on any atom is -0.493 e. The Kier molecular flexibility index (Phi) is 4.19. The number of carbonyl (C=O) groups is 1. The van der Waals surface area contributed by atoms with Gasteiger partial charge in [-0.25, -0.2) is 4.39 Å². The molecule has 140 valence electrons. The van der Waals surface area contributed by atoms with E-state index in [2.05, 4.69) is 15.4 Å². The van der Waals surface area contributed by atoms with E-state index in [4.69, 9.17) is 9.47 Å². The Balaban J connectivity index is 1.87. The number of carbonyl (C=O) groups excluding carboxylic acids is 1. The van der Waals surface area contributed by atoms with Crippen LogP contribution in [0.2, 0.25) is 0 Å². The van der Waals surface area contributed by atoms with Crippen LogP contribution in [0.3, 0.4) is 0 Å². The Morgan fingerprint density at radius 3 is 2.78 bits per heavy atom. The Labute approximate surface area is 155 Å². The lowest BCUT2D eigenvalue weighted by Gasteiger charge is -2.28. The SMILES string of the molecule is COc1ccc(F)cc1Oc1cc2c(c3c1CCN(C)C3)NC(=O)/C2=N/O. The highest BCUT2D eigenvalue weighted by atomic mass is 19.1. The smallest absolute Gasteiger partial charge is 0.278 e. The van der Waals surface area contributed by atoms with Gasteiger partial charge in [-0.3, -0.25) is 4.79 Å². The third kappa shape index (κ3) is 2.87. The number of nitrogens with one attached hydrogen (secondary N) is 1. The van der Waals surface area contributed by atoms with Crippen LogP contribution >= 0.6 is 0 Å². The highest BCUT2D eigenvalue weighted by Crippen LogP contribution is 2.42. The van der Waals surface area contributed by atoms with E-state index in [0.29, 0.717) is 35.7 Å². The number of halogens is 1. The summed E-state index contributed by atoms with van der Waals surface area (Å²) < 4.78 is 25.0. The van der Waals surface area contributed by atoms with Crippen LogP contribution in [-0.2, 0) is 17.8 Å². The van der Waals surface area contributed by atoms with Crippen molar-refractivity contribution in [2.75, 3.05) is 26.0 Å². The molecule has 2 aliphatic heterocycles. The molecule has 0 aliphatic carbocycles. The molecule has 0 aromatic heterocycles. The lowest BCUT2D eigenvalue weighted by Crippen LogP contribution is -2.27. The van der Waals surface area contributed by atoms with E-state index in [9.17, 15) is 14.4 Å². The van der Waals surface area contributed by atoms with Gasteiger partial charge in [0, 0.05) is 30.3 Å². The lowest BCUT2D eigenvalue weighted by atomic mass is 9.94. The van der Waals surface area contributed by atoms with E-state index in [1.165, 1.54) is 25.3 Å². The van der Waals surface area contributed by atoms with Crippen LogP contribution in [0.15, 0.2) is 29.4 Å². The van der Waals surface area contributed by atoms with Crippen LogP contribution in [0.25, 0.3) is 0 Å². The summed E-state index contributed by atoms with van der Waals surface area (Å²) in [6.07, 6.45) is 0.702. The molecule has 1 amide bonds. The standard InChI is InChI=1S/C19H18FN3O4/c1-23-6-5-11-13(9-23)17-12(18(22-25)19(24)21-17)8-15(11)27-16-7-10(20)3-4-14(16)26-2/h3-4,7-8,25H,5-6,9H2,1-2H3,(H,21,22,24). The number of hydrogen-bond acceptors (Lipinski definition) is 6. The van der Waals surface area contributed by atoms with E-state index in [0.717, 1.165) is 17.7 Å². The van der Waals surface area contributed by atoms with Crippen molar-refractivity contribution in [3.8, 4) is 17.2 Å². The van der Waals surface area contributed by atoms with Gasteiger partial charge in [-0.15, -0.1) is 0 Å². The summed E-state index contributed by atoms with van der Waals surface area (Å²) in [4.78, 5) is 14.2. The first-order chi connectivity index (χ1) is 13.0. The molecular weight excluding hydrogens is 353 g/mol. The van der Waals surface area contributed by atoms with Gasteiger partial charge in [0.2, 0.25) is 0 Å². The molecule has 0 unspecified atom stereocenters. The minimum atomic E-state index is -0.469. The number of methoxy groups -OCH3 is 1. The quantitative estimate of drug-likeness (QED) is 0.640. The number of amides is 1. The molecule has 0 spiro atoms. The second-order valence-corrected chi connectivity index (χ2v) is 6.54. The van der Waals surface area contributed by atoms with Crippen molar-refractivity contribution >= 4 is 17.3 Å². The molecule has 0 fully saturated rings. The molecule has 2 heterocycles. The van der Waals surface area contributed by atoms with Crippen LogP contribution < -0.4 is 14.8 Å². The Morgan fingerprint density at radius 2 is 2.04 bits per heavy atom. The zero-order valence-corrected chi connectivity index (χ0v) is 14.9. The summed E-state index contributed by atoms with van der Waals surface area (Å²) in [5.74, 6) is 0.194.